The Morgan fingerprint density at radius 1 is 1.24 bits per heavy atom. The first-order chi connectivity index (χ1) is 9.58. The molecule has 21 heavy (non-hydrogen) atoms. The van der Waals surface area contributed by atoms with Gasteiger partial charge in [0.15, 0.2) is 0 Å². The smallest absolute Gasteiger partial charge is 0.308 e. The summed E-state index contributed by atoms with van der Waals surface area (Å²) in [7, 11) is -9.24. The van der Waals surface area contributed by atoms with Crippen LogP contribution < -0.4 is 10.4 Å². The van der Waals surface area contributed by atoms with Crippen molar-refractivity contribution >= 4 is 40.3 Å². The maximum absolute atomic E-state index is 11.6. The van der Waals surface area contributed by atoms with E-state index in [-0.39, 0.29) is 15.2 Å². The van der Waals surface area contributed by atoms with Crippen LogP contribution in [0.2, 0.25) is 5.02 Å². The van der Waals surface area contributed by atoms with E-state index in [1.807, 2.05) is 0 Å². The number of halogens is 1. The molecule has 0 aliphatic rings. The first kappa shape index (κ1) is 16.1. The largest absolute Gasteiger partial charge is 0.437 e. The number of sulfonamides is 1. The minimum Gasteiger partial charge on any atom is -0.308 e. The van der Waals surface area contributed by atoms with Crippen molar-refractivity contribution in [3.05, 3.63) is 39.6 Å². The highest BCUT2D eigenvalue weighted by molar-refractivity contribution is 7.89. The average Bonchev–Trinajstić information content (AvgIpc) is 2.36. The lowest BCUT2D eigenvalue weighted by molar-refractivity contribution is 0.242. The molecular formula is C9H8ClN2O7PS. The van der Waals surface area contributed by atoms with Crippen molar-refractivity contribution in [3.63, 3.8) is 0 Å². The number of hydrogen-bond donors (Lipinski definition) is 4. The molecule has 1 heterocycles. The van der Waals surface area contributed by atoms with E-state index >= 15 is 0 Å². The third kappa shape index (κ3) is 2.87. The van der Waals surface area contributed by atoms with Gasteiger partial charge in [-0.05, 0) is 18.2 Å². The lowest BCUT2D eigenvalue weighted by Crippen LogP contribution is -2.21. The number of nitrogens with zero attached hydrogens (tertiary/aromatic N) is 1. The van der Waals surface area contributed by atoms with Gasteiger partial charge in [0.2, 0.25) is 0 Å². The van der Waals surface area contributed by atoms with Crippen molar-refractivity contribution < 1.29 is 28.0 Å². The van der Waals surface area contributed by atoms with Crippen LogP contribution in [0.25, 0.3) is 10.9 Å². The Balaban J connectivity index is 2.96. The van der Waals surface area contributed by atoms with Crippen molar-refractivity contribution in [1.29, 1.82) is 0 Å². The molecule has 4 N–H and O–H groups in total. The van der Waals surface area contributed by atoms with Crippen molar-refractivity contribution in [1.82, 2.24) is 9.22 Å². The van der Waals surface area contributed by atoms with E-state index in [1.54, 1.807) is 0 Å². The number of rotatable bonds is 3. The Hall–Kier alpha value is -1.26. The van der Waals surface area contributed by atoms with Crippen molar-refractivity contribution in [2.24, 2.45) is 0 Å². The highest BCUT2D eigenvalue weighted by Crippen LogP contribution is 2.39. The second kappa shape index (κ2) is 5.18. The van der Waals surface area contributed by atoms with Crippen molar-refractivity contribution in [2.75, 3.05) is 0 Å². The zero-order valence-corrected chi connectivity index (χ0v) is 12.4. The Bertz CT molecular complexity index is 933. The average molecular weight is 355 g/mol. The molecule has 114 valence electrons. The van der Waals surface area contributed by atoms with E-state index in [4.69, 9.17) is 16.8 Å². The Morgan fingerprint density at radius 2 is 1.86 bits per heavy atom. The van der Waals surface area contributed by atoms with E-state index in [0.29, 0.717) is 0 Å². The molecule has 0 radical (unpaired) electrons. The van der Waals surface area contributed by atoms with Gasteiger partial charge in [-0.25, -0.2) is 17.3 Å². The summed E-state index contributed by atoms with van der Waals surface area (Å²) in [6.07, 6.45) is 0. The minimum absolute atomic E-state index is 0.0381. The maximum Gasteiger partial charge on any atom is 0.437 e. The predicted molar refractivity (Wildman–Crippen MR) is 72.8 cm³/mol. The molecule has 0 aliphatic carbocycles. The molecule has 0 saturated heterocycles. The van der Waals surface area contributed by atoms with Crippen LogP contribution in [0.4, 0.5) is 0 Å². The van der Waals surface area contributed by atoms with Gasteiger partial charge in [-0.15, -0.1) is 0 Å². The quantitative estimate of drug-likeness (QED) is 0.457. The summed E-state index contributed by atoms with van der Waals surface area (Å²) in [4.78, 5) is 30.6. The summed E-state index contributed by atoms with van der Waals surface area (Å²) in [5.74, 6) is 0. The van der Waals surface area contributed by atoms with Crippen LogP contribution in [-0.2, 0) is 14.6 Å². The zero-order valence-electron chi connectivity index (χ0n) is 9.96. The third-order valence-electron chi connectivity index (χ3n) is 2.59. The van der Waals surface area contributed by atoms with Gasteiger partial charge in [0.05, 0.1) is 10.5 Å². The molecule has 0 saturated carbocycles. The number of pyridine rings is 1. The van der Waals surface area contributed by atoms with Crippen molar-refractivity contribution in [2.45, 2.75) is 4.90 Å². The second-order valence-electron chi connectivity index (χ2n) is 3.93. The topological polar surface area (TPSA) is 146 Å². The van der Waals surface area contributed by atoms with Gasteiger partial charge >= 0.3 is 7.75 Å². The van der Waals surface area contributed by atoms with Crippen LogP contribution in [0.15, 0.2) is 34.0 Å². The van der Waals surface area contributed by atoms with Crippen LogP contribution in [0.3, 0.4) is 0 Å². The lowest BCUT2D eigenvalue weighted by Gasteiger charge is -2.13. The fraction of sp³-hybridized carbons (Fsp3) is 0. The Labute approximate surface area is 122 Å². The summed E-state index contributed by atoms with van der Waals surface area (Å²) < 4.78 is 34.7. The Morgan fingerprint density at radius 3 is 2.38 bits per heavy atom. The van der Waals surface area contributed by atoms with Gasteiger partial charge in [-0.2, -0.15) is 0 Å². The standard InChI is InChI=1S/C9H8ClN2O7PS/c10-6-4-7-5(3-8(6)21(18,19)11-14)1-2-9(13)12(7)20(15,16)17/h1-4,11,14H,(H2,15,16,17). The van der Waals surface area contributed by atoms with Crippen LogP contribution in [0.1, 0.15) is 0 Å². The molecule has 0 bridgehead atoms. The van der Waals surface area contributed by atoms with Crippen LogP contribution in [0, 0.1) is 0 Å². The third-order valence-corrected chi connectivity index (χ3v) is 5.11. The monoisotopic (exact) mass is 354 g/mol. The van der Waals surface area contributed by atoms with E-state index in [1.165, 1.54) is 6.07 Å². The lowest BCUT2D eigenvalue weighted by atomic mass is 10.2. The molecule has 0 atom stereocenters. The van der Waals surface area contributed by atoms with Crippen LogP contribution >= 0.6 is 19.3 Å². The van der Waals surface area contributed by atoms with Gasteiger partial charge < -0.3 is 15.0 Å². The molecule has 2 rings (SSSR count). The molecule has 0 fully saturated rings. The summed E-state index contributed by atoms with van der Waals surface area (Å²) in [6, 6.07) is 3.94. The number of fused-ring (bicyclic) bond motifs is 1. The van der Waals surface area contributed by atoms with E-state index in [0.717, 1.165) is 23.1 Å². The molecule has 9 nitrogen and oxygen atoms in total. The summed E-state index contributed by atoms with van der Waals surface area (Å²) in [6.45, 7) is 0. The summed E-state index contributed by atoms with van der Waals surface area (Å²) in [5, 5.41) is 8.21. The molecular weight excluding hydrogens is 347 g/mol. The van der Waals surface area contributed by atoms with E-state index in [9.17, 15) is 27.6 Å². The van der Waals surface area contributed by atoms with Gasteiger partial charge in [0, 0.05) is 11.5 Å². The van der Waals surface area contributed by atoms with Gasteiger partial charge in [-0.3, -0.25) is 4.79 Å². The van der Waals surface area contributed by atoms with Gasteiger partial charge in [0.1, 0.15) is 4.90 Å². The van der Waals surface area contributed by atoms with Gasteiger partial charge in [0.25, 0.3) is 15.6 Å². The molecule has 0 aliphatic heterocycles. The highest BCUT2D eigenvalue weighted by Gasteiger charge is 2.24. The zero-order chi connectivity index (χ0) is 16.0. The first-order valence-electron chi connectivity index (χ1n) is 5.15. The van der Waals surface area contributed by atoms with Crippen molar-refractivity contribution in [3.8, 4) is 0 Å². The highest BCUT2D eigenvalue weighted by atomic mass is 35.5. The first-order valence-corrected chi connectivity index (χ1v) is 8.58. The Kier molecular flexibility index (Phi) is 3.98. The molecule has 2 aromatic rings. The molecule has 0 unspecified atom stereocenters. The number of benzene rings is 1. The van der Waals surface area contributed by atoms with E-state index in [2.05, 4.69) is 0 Å². The van der Waals surface area contributed by atoms with Crippen LogP contribution in [-0.4, -0.2) is 27.7 Å². The maximum atomic E-state index is 11.6. The summed E-state index contributed by atoms with van der Waals surface area (Å²) >= 11 is 5.74. The minimum atomic E-state index is -4.95. The number of aromatic nitrogens is 1. The molecule has 0 amide bonds. The fourth-order valence-corrected chi connectivity index (χ4v) is 3.69. The SMILES string of the molecule is O=c1ccc2cc(S(=O)(=O)NO)c(Cl)cc2n1P(=O)(O)O. The second-order valence-corrected chi connectivity index (χ2v) is 7.40. The summed E-state index contributed by atoms with van der Waals surface area (Å²) in [5.41, 5.74) is -1.21. The molecule has 1 aromatic carbocycles. The van der Waals surface area contributed by atoms with Crippen LogP contribution in [0.5, 0.6) is 0 Å². The fourth-order valence-electron chi connectivity index (χ4n) is 1.75. The predicted octanol–water partition coefficient (Wildman–Crippen LogP) is 0.263. The molecule has 1 aromatic heterocycles. The molecule has 12 heteroatoms. The van der Waals surface area contributed by atoms with E-state index < -0.39 is 33.2 Å². The normalized spacial score (nSPS) is 12.8. The molecule has 0 spiro atoms. The van der Waals surface area contributed by atoms with Gasteiger partial charge in [-0.1, -0.05) is 16.5 Å². The number of nitrogens with one attached hydrogen (secondary N) is 1. The number of hydrogen-bond acceptors (Lipinski definition) is 5.